The van der Waals surface area contributed by atoms with E-state index >= 15 is 0 Å². The Morgan fingerprint density at radius 3 is 2.91 bits per heavy atom. The molecule has 158 valence electrons. The van der Waals surface area contributed by atoms with E-state index in [0.717, 1.165) is 0 Å². The smallest absolute Gasteiger partial charge is 0.185 e. The number of rotatable bonds is 0. The van der Waals surface area contributed by atoms with Crippen LogP contribution in [-0.4, -0.2) is 20.6 Å². The summed E-state index contributed by atoms with van der Waals surface area (Å²) in [5.41, 5.74) is 8.82. The Labute approximate surface area is 183 Å². The quantitative estimate of drug-likeness (QED) is 0.578. The van der Waals surface area contributed by atoms with E-state index in [9.17, 15) is 9.65 Å². The third-order valence-electron chi connectivity index (χ3n) is 5.35. The Hall–Kier alpha value is -4.45. The minimum absolute atomic E-state index is 0.185. The second-order valence-electron chi connectivity index (χ2n) is 7.39. The number of halogens is 1. The highest BCUT2D eigenvalue weighted by atomic mass is 19.1. The van der Waals surface area contributed by atoms with Gasteiger partial charge < -0.3 is 15.4 Å². The third-order valence-corrected chi connectivity index (χ3v) is 5.35. The Bertz CT molecular complexity index is 1380. The average Bonchev–Trinajstić information content (AvgIpc) is 3.09. The zero-order valence-corrected chi connectivity index (χ0v) is 17.3. The number of anilines is 2. The first-order valence-corrected chi connectivity index (χ1v) is 9.88. The Morgan fingerprint density at radius 1 is 1.25 bits per heavy atom. The van der Waals surface area contributed by atoms with Gasteiger partial charge >= 0.3 is 0 Å². The van der Waals surface area contributed by atoms with E-state index in [2.05, 4.69) is 16.2 Å². The zero-order valence-electron chi connectivity index (χ0n) is 17.3. The van der Waals surface area contributed by atoms with Crippen molar-refractivity contribution in [3.8, 4) is 22.9 Å². The summed E-state index contributed by atoms with van der Waals surface area (Å²) in [4.78, 5) is 10.9. The molecule has 0 aliphatic carbocycles. The molecule has 3 aromatic rings. The van der Waals surface area contributed by atoms with Gasteiger partial charge in [0.2, 0.25) is 0 Å². The lowest BCUT2D eigenvalue weighted by atomic mass is 10.0. The normalized spacial score (nSPS) is 16.5. The number of amidine groups is 1. The molecule has 32 heavy (non-hydrogen) atoms. The first kappa shape index (κ1) is 19.5. The largest absolute Gasteiger partial charge is 0.482 e. The molecular weight excluding hydrogens is 409 g/mol. The topological polar surface area (TPSA) is 105 Å². The first-order chi connectivity index (χ1) is 15.5. The van der Waals surface area contributed by atoms with Gasteiger partial charge in [-0.15, -0.1) is 0 Å². The van der Waals surface area contributed by atoms with Crippen LogP contribution in [0.15, 0.2) is 59.9 Å². The van der Waals surface area contributed by atoms with Crippen LogP contribution in [0.1, 0.15) is 24.3 Å². The third kappa shape index (κ3) is 3.09. The Morgan fingerprint density at radius 2 is 2.09 bits per heavy atom. The summed E-state index contributed by atoms with van der Waals surface area (Å²) in [6, 6.07) is 8.38. The molecule has 8 nitrogen and oxygen atoms in total. The average molecular weight is 427 g/mol. The van der Waals surface area contributed by atoms with Gasteiger partial charge in [0.1, 0.15) is 29.5 Å². The van der Waals surface area contributed by atoms with Gasteiger partial charge in [-0.25, -0.2) is 14.4 Å². The van der Waals surface area contributed by atoms with Gasteiger partial charge in [0.25, 0.3) is 0 Å². The molecule has 2 aliphatic heterocycles. The lowest BCUT2D eigenvalue weighted by Gasteiger charge is -2.28. The fraction of sp³-hybridized carbons (Fsp3) is 0.130. The highest BCUT2D eigenvalue weighted by Crippen LogP contribution is 2.39. The van der Waals surface area contributed by atoms with Crippen molar-refractivity contribution in [2.24, 2.45) is 12.0 Å². The molecule has 0 unspecified atom stereocenters. The van der Waals surface area contributed by atoms with Crippen molar-refractivity contribution in [2.75, 3.05) is 10.6 Å². The minimum Gasteiger partial charge on any atom is -0.482 e. The number of nitriles is 1. The summed E-state index contributed by atoms with van der Waals surface area (Å²) in [6.07, 6.45) is 8.36. The molecule has 1 atom stereocenters. The van der Waals surface area contributed by atoms with Crippen molar-refractivity contribution in [3.63, 3.8) is 0 Å². The lowest BCUT2D eigenvalue weighted by Crippen LogP contribution is -2.27. The summed E-state index contributed by atoms with van der Waals surface area (Å²) in [7, 11) is 1.68. The minimum atomic E-state index is -0.552. The van der Waals surface area contributed by atoms with E-state index in [-0.39, 0.29) is 11.6 Å². The molecule has 2 aromatic heterocycles. The first-order valence-electron chi connectivity index (χ1n) is 9.88. The maximum Gasteiger partial charge on any atom is 0.185 e. The SMILES string of the molecule is C[C@H]1Oc2cc(cnc2N)-c2c(nn(C)c2C#N)N=C2C=CC=CN2c2ccc(F)cc21. The molecule has 0 saturated carbocycles. The van der Waals surface area contributed by atoms with Crippen molar-refractivity contribution in [2.45, 2.75) is 13.0 Å². The summed E-state index contributed by atoms with van der Waals surface area (Å²) in [5.74, 6) is 1.03. The summed E-state index contributed by atoms with van der Waals surface area (Å²) >= 11 is 0. The van der Waals surface area contributed by atoms with Gasteiger partial charge in [-0.3, -0.25) is 4.68 Å². The number of aliphatic imine (C=N–C) groups is 1. The van der Waals surface area contributed by atoms with Crippen molar-refractivity contribution < 1.29 is 9.13 Å². The number of ether oxygens (including phenoxy) is 1. The van der Waals surface area contributed by atoms with Crippen molar-refractivity contribution in [1.29, 1.82) is 5.26 Å². The van der Waals surface area contributed by atoms with E-state index in [0.29, 0.717) is 45.5 Å². The highest BCUT2D eigenvalue weighted by molar-refractivity contribution is 6.10. The van der Waals surface area contributed by atoms with E-state index in [1.807, 2.05) is 36.3 Å². The number of benzene rings is 1. The van der Waals surface area contributed by atoms with Crippen LogP contribution in [0.2, 0.25) is 0 Å². The highest BCUT2D eigenvalue weighted by Gasteiger charge is 2.25. The molecule has 2 aliphatic rings. The monoisotopic (exact) mass is 427 g/mol. The number of aromatic nitrogens is 3. The number of allylic oxidation sites excluding steroid dienone is 2. The number of pyridine rings is 1. The molecule has 2 bridgehead atoms. The van der Waals surface area contributed by atoms with Gasteiger partial charge in [-0.2, -0.15) is 10.4 Å². The van der Waals surface area contributed by atoms with Crippen LogP contribution in [0.4, 0.5) is 21.7 Å². The van der Waals surface area contributed by atoms with Gasteiger partial charge in [0.15, 0.2) is 17.4 Å². The second-order valence-corrected chi connectivity index (χ2v) is 7.39. The van der Waals surface area contributed by atoms with Crippen molar-refractivity contribution in [3.05, 3.63) is 72.0 Å². The molecule has 2 N–H and O–H groups in total. The van der Waals surface area contributed by atoms with E-state index in [4.69, 9.17) is 15.5 Å². The summed E-state index contributed by atoms with van der Waals surface area (Å²) in [5, 5.41) is 14.2. The molecule has 0 spiro atoms. The van der Waals surface area contributed by atoms with E-state index in [1.165, 1.54) is 16.8 Å². The molecular formula is C23H18FN7O. The standard InChI is InChI=1S/C23H18FN7O/c1-13-16-10-15(24)6-7-17(16)31-8-4-3-5-20(31)28-23-21(18(11-25)30(2)29-23)14-9-19(32-13)22(26)27-12-14/h3-10,12-13H,1-2H3,(H2,26,27)/t13-/m1/s1. The fourth-order valence-corrected chi connectivity index (χ4v) is 3.83. The molecule has 5 rings (SSSR count). The van der Waals surface area contributed by atoms with Gasteiger partial charge in [-0.05, 0) is 43.3 Å². The molecule has 0 amide bonds. The van der Waals surface area contributed by atoms with Crippen LogP contribution in [0.3, 0.4) is 0 Å². The molecule has 0 fully saturated rings. The predicted octanol–water partition coefficient (Wildman–Crippen LogP) is 4.15. The summed E-state index contributed by atoms with van der Waals surface area (Å²) < 4.78 is 21.8. The molecule has 0 radical (unpaired) electrons. The van der Waals surface area contributed by atoms with Gasteiger partial charge in [0.05, 0.1) is 11.3 Å². The van der Waals surface area contributed by atoms with Crippen molar-refractivity contribution >= 4 is 23.2 Å². The number of nitrogen functional groups attached to an aromatic ring is 1. The number of fused-ring (bicyclic) bond motifs is 7. The van der Waals surface area contributed by atoms with Crippen LogP contribution in [0, 0.1) is 17.1 Å². The van der Waals surface area contributed by atoms with Crippen molar-refractivity contribution in [1.82, 2.24) is 14.8 Å². The molecule has 0 saturated heterocycles. The lowest BCUT2D eigenvalue weighted by molar-refractivity contribution is 0.228. The van der Waals surface area contributed by atoms with Crippen LogP contribution in [-0.2, 0) is 7.05 Å². The number of hydrogen-bond donors (Lipinski definition) is 1. The fourth-order valence-electron chi connectivity index (χ4n) is 3.83. The molecule has 9 heteroatoms. The van der Waals surface area contributed by atoms with Gasteiger partial charge in [0, 0.05) is 30.6 Å². The number of nitrogens with zero attached hydrogens (tertiary/aromatic N) is 6. The van der Waals surface area contributed by atoms with Gasteiger partial charge in [-0.1, -0.05) is 6.08 Å². The van der Waals surface area contributed by atoms with E-state index in [1.54, 1.807) is 25.4 Å². The zero-order chi connectivity index (χ0) is 22.4. The Kier molecular flexibility index (Phi) is 4.48. The maximum atomic E-state index is 14.2. The molecule has 4 heterocycles. The van der Waals surface area contributed by atoms with Crippen LogP contribution >= 0.6 is 0 Å². The maximum absolute atomic E-state index is 14.2. The second kappa shape index (κ2) is 7.35. The van der Waals surface area contributed by atoms with Crippen LogP contribution in [0.25, 0.3) is 11.1 Å². The van der Waals surface area contributed by atoms with Crippen LogP contribution in [0.5, 0.6) is 5.75 Å². The predicted molar refractivity (Wildman–Crippen MR) is 119 cm³/mol. The van der Waals surface area contributed by atoms with Crippen LogP contribution < -0.4 is 15.4 Å². The molecule has 1 aromatic carbocycles. The number of aryl methyl sites for hydroxylation is 1. The Balaban J connectivity index is 1.85. The summed E-state index contributed by atoms with van der Waals surface area (Å²) in [6.45, 7) is 1.81. The van der Waals surface area contributed by atoms with E-state index < -0.39 is 6.10 Å². The number of nitrogens with two attached hydrogens (primary N) is 1. The number of hydrogen-bond acceptors (Lipinski definition) is 7.